The molecule has 1 aliphatic carbocycles. The number of hydrogen-bond acceptors (Lipinski definition) is 7. The first-order chi connectivity index (χ1) is 21.4. The van der Waals surface area contributed by atoms with Crippen molar-refractivity contribution in [3.05, 3.63) is 70.2 Å². The lowest BCUT2D eigenvalue weighted by molar-refractivity contribution is -0.127. The number of aromatic nitrogens is 3. The Balaban J connectivity index is 1.18. The standard InChI is InChI=1S/C33H39N7O4/c1-22-7-3-4-8-27(22)37-15-17-38(18-16-37)29-20-28-24(19-25(29)34-31(42)26-21-44-32(35-26)23-10-11-23)33(43)40(36(28)2)14-6-13-39-12-5-9-30(39)41/h3-4,7-8,19-21,23H,5-6,9-18H2,1-2H3,(H,34,42). The number of aryl methyl sites for hydroxylation is 2. The third-order valence-corrected chi connectivity index (χ3v) is 9.26. The summed E-state index contributed by atoms with van der Waals surface area (Å²) in [5.74, 6) is 0.753. The van der Waals surface area contributed by atoms with Crippen LogP contribution in [0.3, 0.4) is 0 Å². The number of nitrogens with one attached hydrogen (secondary N) is 1. The second-order valence-electron chi connectivity index (χ2n) is 12.2. The number of nitrogens with zero attached hydrogens (tertiary/aromatic N) is 6. The Morgan fingerprint density at radius 2 is 1.75 bits per heavy atom. The molecule has 0 spiro atoms. The highest BCUT2D eigenvalue weighted by molar-refractivity contribution is 6.06. The van der Waals surface area contributed by atoms with Crippen LogP contribution < -0.4 is 20.7 Å². The minimum absolute atomic E-state index is 0.112. The summed E-state index contributed by atoms with van der Waals surface area (Å²) in [4.78, 5) is 50.1. The van der Waals surface area contributed by atoms with E-state index in [-0.39, 0.29) is 23.1 Å². The van der Waals surface area contributed by atoms with Gasteiger partial charge in [-0.05, 0) is 56.4 Å². The Morgan fingerprint density at radius 3 is 2.45 bits per heavy atom. The molecule has 2 saturated heterocycles. The van der Waals surface area contributed by atoms with Crippen molar-refractivity contribution >= 4 is 39.8 Å². The number of carbonyl (C=O) groups excluding carboxylic acids is 2. The smallest absolute Gasteiger partial charge is 0.277 e. The summed E-state index contributed by atoms with van der Waals surface area (Å²) in [5.41, 5.74) is 4.88. The van der Waals surface area contributed by atoms with Crippen LogP contribution in [-0.2, 0) is 18.4 Å². The first kappa shape index (κ1) is 28.2. The monoisotopic (exact) mass is 597 g/mol. The summed E-state index contributed by atoms with van der Waals surface area (Å²) in [6, 6.07) is 12.3. The van der Waals surface area contributed by atoms with Crippen LogP contribution >= 0.6 is 0 Å². The maximum atomic E-state index is 13.7. The quantitative estimate of drug-likeness (QED) is 0.309. The number of fused-ring (bicyclic) bond motifs is 1. The van der Waals surface area contributed by atoms with Gasteiger partial charge in [0.2, 0.25) is 5.91 Å². The van der Waals surface area contributed by atoms with Gasteiger partial charge in [0.15, 0.2) is 11.6 Å². The average molecular weight is 598 g/mol. The van der Waals surface area contributed by atoms with E-state index < -0.39 is 0 Å². The van der Waals surface area contributed by atoms with Crippen molar-refractivity contribution in [1.82, 2.24) is 19.2 Å². The van der Waals surface area contributed by atoms with Crippen LogP contribution in [0.25, 0.3) is 10.9 Å². The minimum atomic E-state index is -0.355. The summed E-state index contributed by atoms with van der Waals surface area (Å²) < 4.78 is 9.21. The fraction of sp³-hybridized carbons (Fsp3) is 0.455. The Hall–Kier alpha value is -4.54. The van der Waals surface area contributed by atoms with Gasteiger partial charge in [-0.25, -0.2) is 9.67 Å². The molecule has 1 N–H and O–H groups in total. The van der Waals surface area contributed by atoms with Gasteiger partial charge in [0.1, 0.15) is 6.26 Å². The van der Waals surface area contributed by atoms with Crippen LogP contribution in [0.5, 0.6) is 0 Å². The van der Waals surface area contributed by atoms with Crippen molar-refractivity contribution < 1.29 is 14.0 Å². The van der Waals surface area contributed by atoms with E-state index in [0.717, 1.165) is 63.2 Å². The van der Waals surface area contributed by atoms with Crippen LogP contribution in [0.2, 0.25) is 0 Å². The number of carbonyl (C=O) groups is 2. The molecule has 44 heavy (non-hydrogen) atoms. The molecule has 4 heterocycles. The predicted octanol–water partition coefficient (Wildman–Crippen LogP) is 4.11. The van der Waals surface area contributed by atoms with Crippen molar-refractivity contribution in [1.29, 1.82) is 0 Å². The van der Waals surface area contributed by atoms with Crippen molar-refractivity contribution in [3.63, 3.8) is 0 Å². The van der Waals surface area contributed by atoms with Crippen LogP contribution in [0.1, 0.15) is 60.0 Å². The summed E-state index contributed by atoms with van der Waals surface area (Å²) in [7, 11) is 1.90. The molecule has 11 nitrogen and oxygen atoms in total. The molecule has 0 radical (unpaired) electrons. The minimum Gasteiger partial charge on any atom is -0.448 e. The number of hydrogen-bond donors (Lipinski definition) is 1. The Kier molecular flexibility index (Phi) is 7.39. The van der Waals surface area contributed by atoms with Gasteiger partial charge in [0.05, 0.1) is 22.3 Å². The maximum absolute atomic E-state index is 13.7. The van der Waals surface area contributed by atoms with Gasteiger partial charge in [-0.3, -0.25) is 19.1 Å². The van der Waals surface area contributed by atoms with Gasteiger partial charge in [0, 0.05) is 70.9 Å². The molecule has 2 aromatic heterocycles. The second kappa shape index (κ2) is 11.5. The fourth-order valence-electron chi connectivity index (χ4n) is 6.59. The average Bonchev–Trinajstić information content (AvgIpc) is 3.53. The molecule has 2 aromatic carbocycles. The van der Waals surface area contributed by atoms with Crippen LogP contribution in [0.4, 0.5) is 17.1 Å². The lowest BCUT2D eigenvalue weighted by Crippen LogP contribution is -2.47. The Labute approximate surface area is 256 Å². The number of oxazole rings is 1. The first-order valence-corrected chi connectivity index (χ1v) is 15.7. The van der Waals surface area contributed by atoms with Crippen molar-refractivity contribution in [2.45, 2.75) is 51.5 Å². The predicted molar refractivity (Wildman–Crippen MR) is 170 cm³/mol. The molecular weight excluding hydrogens is 558 g/mol. The summed E-state index contributed by atoms with van der Waals surface area (Å²) in [5, 5.41) is 3.61. The summed E-state index contributed by atoms with van der Waals surface area (Å²) >= 11 is 0. The molecule has 7 rings (SSSR count). The first-order valence-electron chi connectivity index (χ1n) is 15.7. The highest BCUT2D eigenvalue weighted by Gasteiger charge is 2.30. The molecule has 230 valence electrons. The summed E-state index contributed by atoms with van der Waals surface area (Å²) in [6.07, 6.45) is 5.70. The van der Waals surface area contributed by atoms with E-state index in [1.807, 2.05) is 22.7 Å². The van der Waals surface area contributed by atoms with E-state index in [0.29, 0.717) is 48.8 Å². The zero-order chi connectivity index (χ0) is 30.4. The van der Waals surface area contributed by atoms with Crippen LogP contribution in [0.15, 0.2) is 51.9 Å². The van der Waals surface area contributed by atoms with E-state index in [1.165, 1.54) is 17.5 Å². The van der Waals surface area contributed by atoms with E-state index >= 15 is 0 Å². The number of amides is 2. The molecular formula is C33H39N7O4. The number of benzene rings is 2. The number of para-hydroxylation sites is 1. The summed E-state index contributed by atoms with van der Waals surface area (Å²) in [6.45, 7) is 7.26. The van der Waals surface area contributed by atoms with Gasteiger partial charge in [0.25, 0.3) is 11.5 Å². The fourth-order valence-corrected chi connectivity index (χ4v) is 6.59. The van der Waals surface area contributed by atoms with E-state index in [9.17, 15) is 14.4 Å². The lowest BCUT2D eigenvalue weighted by Gasteiger charge is -2.38. The molecule has 0 atom stereocenters. The van der Waals surface area contributed by atoms with E-state index in [1.54, 1.807) is 10.7 Å². The third kappa shape index (κ3) is 5.35. The zero-order valence-corrected chi connectivity index (χ0v) is 25.4. The number of likely N-dealkylation sites (tertiary alicyclic amines) is 1. The van der Waals surface area contributed by atoms with Crippen molar-refractivity contribution in [2.24, 2.45) is 7.05 Å². The molecule has 3 fully saturated rings. The number of rotatable bonds is 9. The van der Waals surface area contributed by atoms with Gasteiger partial charge in [-0.2, -0.15) is 0 Å². The van der Waals surface area contributed by atoms with Crippen molar-refractivity contribution in [3.8, 4) is 0 Å². The van der Waals surface area contributed by atoms with Gasteiger partial charge < -0.3 is 24.4 Å². The van der Waals surface area contributed by atoms with E-state index in [4.69, 9.17) is 4.42 Å². The van der Waals surface area contributed by atoms with Gasteiger partial charge >= 0.3 is 0 Å². The van der Waals surface area contributed by atoms with Crippen LogP contribution in [0, 0.1) is 6.92 Å². The van der Waals surface area contributed by atoms with E-state index in [2.05, 4.69) is 51.3 Å². The van der Waals surface area contributed by atoms with Crippen LogP contribution in [-0.4, -0.2) is 70.3 Å². The van der Waals surface area contributed by atoms with Crippen molar-refractivity contribution in [2.75, 3.05) is 54.4 Å². The topological polar surface area (TPSA) is 109 Å². The van der Waals surface area contributed by atoms with Gasteiger partial charge in [-0.1, -0.05) is 18.2 Å². The SMILES string of the molecule is Cc1ccccc1N1CCN(c2cc3c(cc2NC(=O)c2coc(C4CC4)n2)c(=O)n(CCCN2CCCC2=O)n3C)CC1. The largest absolute Gasteiger partial charge is 0.448 e. The number of piperazine rings is 1. The molecule has 1 saturated carbocycles. The lowest BCUT2D eigenvalue weighted by atomic mass is 10.1. The Morgan fingerprint density at radius 1 is 1.00 bits per heavy atom. The normalized spacial score (nSPS) is 17.2. The number of anilines is 3. The highest BCUT2D eigenvalue weighted by Crippen LogP contribution is 2.39. The molecule has 0 bridgehead atoms. The van der Waals surface area contributed by atoms with Gasteiger partial charge in [-0.15, -0.1) is 0 Å². The maximum Gasteiger partial charge on any atom is 0.277 e. The molecule has 0 unspecified atom stereocenters. The third-order valence-electron chi connectivity index (χ3n) is 9.26. The Bertz CT molecular complexity index is 1770. The molecule has 3 aliphatic rings. The molecule has 2 aliphatic heterocycles. The second-order valence-corrected chi connectivity index (χ2v) is 12.2. The highest BCUT2D eigenvalue weighted by atomic mass is 16.3. The molecule has 2 amide bonds. The molecule has 11 heteroatoms. The zero-order valence-electron chi connectivity index (χ0n) is 25.4. The molecule has 4 aromatic rings.